The van der Waals surface area contributed by atoms with Crippen molar-refractivity contribution in [3.8, 4) is 11.5 Å². The molecule has 0 aliphatic heterocycles. The Morgan fingerprint density at radius 2 is 1.80 bits per heavy atom. The fourth-order valence-electron chi connectivity index (χ4n) is 1.65. The number of anilines is 1. The Labute approximate surface area is 122 Å². The molecular formula is C13H14N2O3S2. The van der Waals surface area contributed by atoms with Crippen LogP contribution in [0.1, 0.15) is 0 Å². The molecule has 0 saturated carbocycles. The van der Waals surface area contributed by atoms with Crippen molar-refractivity contribution in [3.63, 3.8) is 0 Å². The van der Waals surface area contributed by atoms with Crippen LogP contribution >= 0.6 is 11.8 Å². The second-order valence-corrected chi connectivity index (χ2v) is 6.38. The first-order chi connectivity index (χ1) is 9.41. The molecule has 5 nitrogen and oxygen atoms in total. The van der Waals surface area contributed by atoms with Gasteiger partial charge in [0.1, 0.15) is 16.4 Å². The number of primary sulfonamides is 1. The van der Waals surface area contributed by atoms with E-state index in [0.717, 1.165) is 4.90 Å². The van der Waals surface area contributed by atoms with Crippen molar-refractivity contribution in [3.05, 3.63) is 42.5 Å². The van der Waals surface area contributed by atoms with E-state index in [0.29, 0.717) is 11.4 Å². The summed E-state index contributed by atoms with van der Waals surface area (Å²) >= 11 is 1.50. The van der Waals surface area contributed by atoms with Crippen LogP contribution in [0.15, 0.2) is 52.3 Å². The van der Waals surface area contributed by atoms with Crippen LogP contribution in [-0.4, -0.2) is 14.7 Å². The third-order valence-corrected chi connectivity index (χ3v) is 4.27. The highest BCUT2D eigenvalue weighted by atomic mass is 32.2. The van der Waals surface area contributed by atoms with Crippen molar-refractivity contribution in [1.82, 2.24) is 0 Å². The molecule has 0 atom stereocenters. The summed E-state index contributed by atoms with van der Waals surface area (Å²) in [6.07, 6.45) is 1.91. The fraction of sp³-hybridized carbons (Fsp3) is 0.0769. The number of thioether (sulfide) groups is 1. The van der Waals surface area contributed by atoms with Crippen LogP contribution in [0.25, 0.3) is 0 Å². The molecule has 2 aromatic carbocycles. The molecule has 2 rings (SSSR count). The molecule has 0 spiro atoms. The number of hydrogen-bond donors (Lipinski definition) is 2. The molecule has 0 radical (unpaired) electrons. The second-order valence-electron chi connectivity index (χ2n) is 4.00. The summed E-state index contributed by atoms with van der Waals surface area (Å²) in [5.74, 6) is 0.720. The van der Waals surface area contributed by atoms with Gasteiger partial charge >= 0.3 is 0 Å². The van der Waals surface area contributed by atoms with E-state index < -0.39 is 10.0 Å². The van der Waals surface area contributed by atoms with Crippen LogP contribution in [0.3, 0.4) is 0 Å². The second kappa shape index (κ2) is 5.74. The molecule has 0 saturated heterocycles. The van der Waals surface area contributed by atoms with Gasteiger partial charge in [-0.2, -0.15) is 0 Å². The molecule has 0 unspecified atom stereocenters. The van der Waals surface area contributed by atoms with Gasteiger partial charge < -0.3 is 10.5 Å². The maximum Gasteiger partial charge on any atom is 0.241 e. The maximum absolute atomic E-state index is 11.6. The first-order valence-corrected chi connectivity index (χ1v) is 8.42. The van der Waals surface area contributed by atoms with Gasteiger partial charge in [0, 0.05) is 10.6 Å². The van der Waals surface area contributed by atoms with Gasteiger partial charge in [-0.3, -0.25) is 0 Å². The molecule has 4 N–H and O–H groups in total. The van der Waals surface area contributed by atoms with Crippen LogP contribution in [0, 0.1) is 0 Å². The third-order valence-electron chi connectivity index (χ3n) is 2.56. The molecule has 0 fully saturated rings. The Balaban J connectivity index is 2.49. The van der Waals surface area contributed by atoms with Crippen LogP contribution in [-0.2, 0) is 10.0 Å². The van der Waals surface area contributed by atoms with Crippen molar-refractivity contribution in [1.29, 1.82) is 0 Å². The largest absolute Gasteiger partial charge is 0.455 e. The molecular weight excluding hydrogens is 296 g/mol. The van der Waals surface area contributed by atoms with Gasteiger partial charge in [-0.25, -0.2) is 13.6 Å². The molecule has 2 aromatic rings. The Bertz CT molecular complexity index is 730. The van der Waals surface area contributed by atoms with E-state index in [1.54, 1.807) is 12.1 Å². The molecule has 0 aromatic heterocycles. The summed E-state index contributed by atoms with van der Waals surface area (Å²) in [7, 11) is -3.91. The summed E-state index contributed by atoms with van der Waals surface area (Å²) in [6, 6.07) is 11.7. The minimum absolute atomic E-state index is 0.131. The third kappa shape index (κ3) is 3.24. The normalized spacial score (nSPS) is 11.3. The van der Waals surface area contributed by atoms with Gasteiger partial charge in [-0.05, 0) is 36.6 Å². The minimum Gasteiger partial charge on any atom is -0.455 e. The lowest BCUT2D eigenvalue weighted by Crippen LogP contribution is -2.13. The zero-order valence-corrected chi connectivity index (χ0v) is 12.4. The molecule has 0 bridgehead atoms. The number of nitrogen functional groups attached to an aromatic ring is 1. The van der Waals surface area contributed by atoms with Gasteiger partial charge in [0.2, 0.25) is 10.0 Å². The quantitative estimate of drug-likeness (QED) is 0.668. The number of para-hydroxylation sites is 1. The fourth-order valence-corrected chi connectivity index (χ4v) is 2.87. The molecule has 0 aliphatic carbocycles. The molecule has 0 amide bonds. The predicted molar refractivity (Wildman–Crippen MR) is 80.5 cm³/mol. The SMILES string of the molecule is CSc1ccccc1Oc1ccc(N)cc1S(N)(=O)=O. The number of ether oxygens (including phenoxy) is 1. The van der Waals surface area contributed by atoms with Crippen LogP contribution in [0.5, 0.6) is 11.5 Å². The number of sulfonamides is 1. The molecule has 0 heterocycles. The highest BCUT2D eigenvalue weighted by Gasteiger charge is 2.17. The lowest BCUT2D eigenvalue weighted by molar-refractivity contribution is 0.457. The van der Waals surface area contributed by atoms with Crippen LogP contribution in [0.4, 0.5) is 5.69 Å². The van der Waals surface area contributed by atoms with E-state index in [-0.39, 0.29) is 10.6 Å². The number of benzene rings is 2. The highest BCUT2D eigenvalue weighted by molar-refractivity contribution is 7.98. The first-order valence-electron chi connectivity index (χ1n) is 5.65. The van der Waals surface area contributed by atoms with Crippen LogP contribution in [0.2, 0.25) is 0 Å². The Hall–Kier alpha value is -1.70. The van der Waals surface area contributed by atoms with Gasteiger partial charge in [0.05, 0.1) is 0 Å². The average molecular weight is 310 g/mol. The first kappa shape index (κ1) is 14.7. The van der Waals surface area contributed by atoms with Crippen molar-refractivity contribution >= 4 is 27.5 Å². The van der Waals surface area contributed by atoms with Gasteiger partial charge in [-0.1, -0.05) is 12.1 Å². The molecule has 106 valence electrons. The Morgan fingerprint density at radius 1 is 1.10 bits per heavy atom. The summed E-state index contributed by atoms with van der Waals surface area (Å²) in [5, 5.41) is 5.18. The standard InChI is InChI=1S/C13H14N2O3S2/c1-19-12-5-3-2-4-10(12)18-11-7-6-9(14)8-13(11)20(15,16)17/h2-8H,14H2,1H3,(H2,15,16,17). The number of hydrogen-bond acceptors (Lipinski definition) is 5. The van der Waals surface area contributed by atoms with E-state index in [4.69, 9.17) is 15.6 Å². The summed E-state index contributed by atoms with van der Waals surface area (Å²) in [4.78, 5) is 0.762. The smallest absolute Gasteiger partial charge is 0.241 e. The van der Waals surface area contributed by atoms with Gasteiger partial charge in [0.15, 0.2) is 0 Å². The summed E-state index contributed by atoms with van der Waals surface area (Å²) < 4.78 is 28.9. The zero-order chi connectivity index (χ0) is 14.8. The highest BCUT2D eigenvalue weighted by Crippen LogP contribution is 2.34. The van der Waals surface area contributed by atoms with Gasteiger partial charge in [-0.15, -0.1) is 11.8 Å². The zero-order valence-electron chi connectivity index (χ0n) is 10.7. The lowest BCUT2D eigenvalue weighted by Gasteiger charge is -2.12. The van der Waals surface area contributed by atoms with Crippen molar-refractivity contribution in [2.75, 3.05) is 12.0 Å². The van der Waals surface area contributed by atoms with Crippen molar-refractivity contribution in [2.24, 2.45) is 5.14 Å². The van der Waals surface area contributed by atoms with Crippen molar-refractivity contribution in [2.45, 2.75) is 9.79 Å². The monoisotopic (exact) mass is 310 g/mol. The predicted octanol–water partition coefficient (Wildman–Crippen LogP) is 2.43. The summed E-state index contributed by atoms with van der Waals surface area (Å²) in [6.45, 7) is 0. The number of rotatable bonds is 4. The topological polar surface area (TPSA) is 95.4 Å². The Kier molecular flexibility index (Phi) is 4.22. The van der Waals surface area contributed by atoms with E-state index >= 15 is 0 Å². The van der Waals surface area contributed by atoms with Gasteiger partial charge in [0.25, 0.3) is 0 Å². The lowest BCUT2D eigenvalue weighted by atomic mass is 10.3. The average Bonchev–Trinajstić information content (AvgIpc) is 2.40. The van der Waals surface area contributed by atoms with E-state index in [1.807, 2.05) is 24.5 Å². The van der Waals surface area contributed by atoms with Crippen molar-refractivity contribution < 1.29 is 13.2 Å². The van der Waals surface area contributed by atoms with E-state index in [9.17, 15) is 8.42 Å². The maximum atomic E-state index is 11.6. The number of nitrogens with two attached hydrogens (primary N) is 2. The minimum atomic E-state index is -3.91. The molecule has 0 aliphatic rings. The summed E-state index contributed by atoms with van der Waals surface area (Å²) in [5.41, 5.74) is 5.90. The van der Waals surface area contributed by atoms with Crippen LogP contribution < -0.4 is 15.6 Å². The molecule has 7 heteroatoms. The van der Waals surface area contributed by atoms with E-state index in [2.05, 4.69) is 0 Å². The molecule has 20 heavy (non-hydrogen) atoms. The Morgan fingerprint density at radius 3 is 2.45 bits per heavy atom. The van der Waals surface area contributed by atoms with E-state index in [1.165, 1.54) is 23.9 Å².